The molecule has 1 aliphatic rings. The number of aromatic nitrogens is 1. The molecule has 16 heteroatoms. The van der Waals surface area contributed by atoms with E-state index in [2.05, 4.69) is 5.32 Å². The van der Waals surface area contributed by atoms with Crippen molar-refractivity contribution in [1.82, 2.24) is 9.88 Å². The maximum absolute atomic E-state index is 14.0. The van der Waals surface area contributed by atoms with Gasteiger partial charge in [-0.2, -0.15) is 0 Å². The van der Waals surface area contributed by atoms with Crippen LogP contribution in [0.1, 0.15) is 54.1 Å². The molecule has 0 saturated carbocycles. The normalized spacial score (nSPS) is 16.4. The van der Waals surface area contributed by atoms with E-state index < -0.39 is 72.9 Å². The van der Waals surface area contributed by atoms with Crippen molar-refractivity contribution in [3.63, 3.8) is 0 Å². The molecule has 1 amide bonds. The number of carbonyl (C=O) groups is 3. The van der Waals surface area contributed by atoms with Crippen LogP contribution in [0, 0.1) is 17.0 Å². The van der Waals surface area contributed by atoms with Gasteiger partial charge < -0.3 is 38.5 Å². The van der Waals surface area contributed by atoms with E-state index in [9.17, 15) is 33.1 Å². The lowest BCUT2D eigenvalue weighted by molar-refractivity contribution is -0.0311. The highest BCUT2D eigenvalue weighted by molar-refractivity contribution is 7.47. The monoisotopic (exact) mass is 644 g/mol. The van der Waals surface area contributed by atoms with Crippen LogP contribution >= 0.6 is 8.38 Å². The molecule has 0 radical (unpaired) electrons. The summed E-state index contributed by atoms with van der Waals surface area (Å²) in [6.07, 6.45) is -0.729. The van der Waals surface area contributed by atoms with Gasteiger partial charge in [-0.1, -0.05) is 6.07 Å². The first-order chi connectivity index (χ1) is 20.8. The highest BCUT2D eigenvalue weighted by Crippen LogP contribution is 2.40. The molecule has 1 aromatic carbocycles. The summed E-state index contributed by atoms with van der Waals surface area (Å²) in [5.41, 5.74) is -3.04. The summed E-state index contributed by atoms with van der Waals surface area (Å²) in [4.78, 5) is 50.7. The number of fused-ring (bicyclic) bond motifs is 1. The second kappa shape index (κ2) is 15.5. The predicted molar refractivity (Wildman–Crippen MR) is 151 cm³/mol. The molecular formula is C28H35F2N2O11P. The number of carbonyl (C=O) groups excluding carboxylic acids is 3. The number of ether oxygens (including phenoxy) is 4. The fraction of sp³-hybridized carbons (Fsp3) is 0.500. The summed E-state index contributed by atoms with van der Waals surface area (Å²) >= 11 is 0. The minimum absolute atomic E-state index is 0.0172. The van der Waals surface area contributed by atoms with Gasteiger partial charge in [-0.25, -0.2) is 13.6 Å². The Balaban J connectivity index is 1.70. The van der Waals surface area contributed by atoms with Crippen molar-refractivity contribution < 1.29 is 56.3 Å². The highest BCUT2D eigenvalue weighted by Gasteiger charge is 2.45. The molecule has 3 rings (SSSR count). The van der Waals surface area contributed by atoms with Crippen LogP contribution in [0.15, 0.2) is 29.2 Å². The lowest BCUT2D eigenvalue weighted by atomic mass is 9.77. The van der Waals surface area contributed by atoms with E-state index in [0.717, 1.165) is 18.3 Å². The molecule has 2 atom stereocenters. The molecule has 44 heavy (non-hydrogen) atoms. The van der Waals surface area contributed by atoms with E-state index in [0.29, 0.717) is 6.07 Å². The van der Waals surface area contributed by atoms with Crippen LogP contribution in [0.4, 0.5) is 13.6 Å². The van der Waals surface area contributed by atoms with Gasteiger partial charge in [0.15, 0.2) is 26.7 Å². The number of benzene rings is 1. The Bertz CT molecular complexity index is 1420. The van der Waals surface area contributed by atoms with Gasteiger partial charge in [0.1, 0.15) is 22.9 Å². The SMILES string of the molecule is COCOP(CCOC1Cn2cc(C(=O)NCc3ccc(F)cc3F)c(=O)c(O)c2C(=O)C1(C)C)OCOC(=O)OC(C)C. The number of pyridine rings is 1. The molecule has 0 aliphatic carbocycles. The number of hydrogen-bond acceptors (Lipinski definition) is 11. The van der Waals surface area contributed by atoms with Gasteiger partial charge in [0.25, 0.3) is 5.91 Å². The summed E-state index contributed by atoms with van der Waals surface area (Å²) in [7, 11) is -0.226. The Kier molecular flexibility index (Phi) is 12.3. The Labute approximate surface area is 253 Å². The molecule has 0 saturated heterocycles. The maximum atomic E-state index is 14.0. The molecule has 0 spiro atoms. The standard InChI is InChI=1S/C28H35F2N2O11P/c1-16(2)43-27(37)40-15-42-44(41-14-38-5)9-8-39-21-13-32-12-19(23(33)24(34)22(32)25(35)28(21,3)4)26(36)31-11-17-6-7-18(29)10-20(17)30/h6-7,10,12,16,21,34H,8-9,11,13-15H2,1-5H3,(H,31,36). The first kappa shape index (κ1) is 35.0. The van der Waals surface area contributed by atoms with Crippen LogP contribution in [0.2, 0.25) is 0 Å². The number of nitrogens with one attached hydrogen (secondary N) is 1. The summed E-state index contributed by atoms with van der Waals surface area (Å²) in [5.74, 6) is -4.09. The van der Waals surface area contributed by atoms with Crippen LogP contribution in [0.25, 0.3) is 0 Å². The van der Waals surface area contributed by atoms with E-state index in [1.165, 1.54) is 11.7 Å². The number of hydrogen-bond donors (Lipinski definition) is 2. The second-order valence-corrected chi connectivity index (χ2v) is 12.1. The fourth-order valence-corrected chi connectivity index (χ4v) is 5.14. The molecule has 2 heterocycles. The van der Waals surface area contributed by atoms with Crippen LogP contribution in [-0.2, 0) is 41.1 Å². The Morgan fingerprint density at radius 1 is 1.18 bits per heavy atom. The average Bonchev–Trinajstić information content (AvgIpc) is 2.94. The number of Topliss-reactive ketones (excluding diaryl/α,β-unsaturated/α-hetero) is 1. The molecule has 13 nitrogen and oxygen atoms in total. The smallest absolute Gasteiger partial charge is 0.503 e. The third kappa shape index (κ3) is 8.79. The molecule has 2 aromatic rings. The van der Waals surface area contributed by atoms with Gasteiger partial charge in [0.05, 0.1) is 30.8 Å². The van der Waals surface area contributed by atoms with Crippen LogP contribution < -0.4 is 10.7 Å². The third-order valence-corrected chi connectivity index (χ3v) is 7.87. The van der Waals surface area contributed by atoms with Gasteiger partial charge in [-0.3, -0.25) is 18.9 Å². The van der Waals surface area contributed by atoms with Gasteiger partial charge in [-0.15, -0.1) is 0 Å². The van der Waals surface area contributed by atoms with Crippen LogP contribution in [-0.4, -0.2) is 73.2 Å². The van der Waals surface area contributed by atoms with Crippen molar-refractivity contribution in [3.8, 4) is 5.75 Å². The summed E-state index contributed by atoms with van der Waals surface area (Å²) in [5, 5.41) is 13.0. The Morgan fingerprint density at radius 3 is 2.55 bits per heavy atom. The molecule has 242 valence electrons. The predicted octanol–water partition coefficient (Wildman–Crippen LogP) is 3.84. The van der Waals surface area contributed by atoms with Crippen molar-refractivity contribution in [2.45, 2.75) is 53.0 Å². The zero-order valence-corrected chi connectivity index (χ0v) is 25.8. The molecule has 2 N–H and O–H groups in total. The Morgan fingerprint density at radius 2 is 1.89 bits per heavy atom. The van der Waals surface area contributed by atoms with Crippen molar-refractivity contribution in [2.24, 2.45) is 5.41 Å². The quantitative estimate of drug-likeness (QED) is 0.175. The zero-order chi connectivity index (χ0) is 32.6. The zero-order valence-electron chi connectivity index (χ0n) is 24.9. The lowest BCUT2D eigenvalue weighted by Crippen LogP contribution is -2.48. The number of methoxy groups -OCH3 is 1. The third-order valence-electron chi connectivity index (χ3n) is 6.54. The first-order valence-corrected chi connectivity index (χ1v) is 14.8. The maximum Gasteiger partial charge on any atom is 0.510 e. The topological polar surface area (TPSA) is 161 Å². The number of nitrogens with zero attached hydrogens (tertiary/aromatic N) is 1. The van der Waals surface area contributed by atoms with Crippen molar-refractivity contribution in [3.05, 3.63) is 63.1 Å². The Hall–Kier alpha value is -3.49. The van der Waals surface area contributed by atoms with Gasteiger partial charge in [-0.05, 0) is 33.8 Å². The summed E-state index contributed by atoms with van der Waals surface area (Å²) in [6.45, 7) is 5.64. The van der Waals surface area contributed by atoms with Gasteiger partial charge in [0.2, 0.25) is 12.2 Å². The van der Waals surface area contributed by atoms with Gasteiger partial charge in [0, 0.05) is 37.6 Å². The number of rotatable bonds is 14. The lowest BCUT2D eigenvalue weighted by Gasteiger charge is -2.39. The molecule has 0 bridgehead atoms. The van der Waals surface area contributed by atoms with E-state index in [1.54, 1.807) is 27.7 Å². The number of ketones is 1. The molecule has 1 aliphatic heterocycles. The summed E-state index contributed by atoms with van der Waals surface area (Å²) in [6, 6.07) is 2.83. The van der Waals surface area contributed by atoms with Crippen molar-refractivity contribution >= 4 is 26.2 Å². The minimum atomic E-state index is -1.65. The average molecular weight is 645 g/mol. The minimum Gasteiger partial charge on any atom is -0.503 e. The van der Waals surface area contributed by atoms with E-state index in [4.69, 9.17) is 28.0 Å². The van der Waals surface area contributed by atoms with Crippen molar-refractivity contribution in [2.75, 3.05) is 33.5 Å². The number of amides is 1. The molecule has 2 unspecified atom stereocenters. The fourth-order valence-electron chi connectivity index (χ4n) is 4.16. The first-order valence-electron chi connectivity index (χ1n) is 13.5. The van der Waals surface area contributed by atoms with Crippen LogP contribution in [0.5, 0.6) is 5.75 Å². The van der Waals surface area contributed by atoms with E-state index in [-0.39, 0.29) is 50.0 Å². The largest absolute Gasteiger partial charge is 0.510 e. The van der Waals surface area contributed by atoms with Crippen LogP contribution in [0.3, 0.4) is 0 Å². The van der Waals surface area contributed by atoms with Crippen molar-refractivity contribution in [1.29, 1.82) is 0 Å². The molecular weight excluding hydrogens is 609 g/mol. The number of halogens is 2. The van der Waals surface area contributed by atoms with E-state index in [1.807, 2.05) is 0 Å². The second-order valence-electron chi connectivity index (χ2n) is 10.4. The van der Waals surface area contributed by atoms with Gasteiger partial charge >= 0.3 is 6.16 Å². The highest BCUT2D eigenvalue weighted by atomic mass is 31.2. The summed E-state index contributed by atoms with van der Waals surface area (Å²) < 4.78 is 60.1. The molecule has 0 fully saturated rings. The number of aromatic hydroxyl groups is 1. The van der Waals surface area contributed by atoms with E-state index >= 15 is 0 Å². The molecule has 1 aromatic heterocycles.